The Labute approximate surface area is 98.7 Å². The van der Waals surface area contributed by atoms with Crippen LogP contribution in [0.25, 0.3) is 11.3 Å². The second-order valence-corrected chi connectivity index (χ2v) is 4.51. The lowest BCUT2D eigenvalue weighted by molar-refractivity contribution is 1.14. The van der Waals surface area contributed by atoms with Gasteiger partial charge in [0.05, 0.1) is 17.1 Å². The van der Waals surface area contributed by atoms with Gasteiger partial charge in [-0.3, -0.25) is 0 Å². The third-order valence-electron chi connectivity index (χ3n) is 2.40. The summed E-state index contributed by atoms with van der Waals surface area (Å²) in [5, 5.41) is 0. The van der Waals surface area contributed by atoms with E-state index in [-0.39, 0.29) is 0 Å². The van der Waals surface area contributed by atoms with Gasteiger partial charge in [0.2, 0.25) is 0 Å². The SMILES string of the molecule is CCc1ccc(-c2ncsc2CCl)cc1. The molecule has 3 heteroatoms. The first-order valence-corrected chi connectivity index (χ1v) is 6.34. The van der Waals surface area contributed by atoms with Crippen molar-refractivity contribution in [1.29, 1.82) is 0 Å². The minimum Gasteiger partial charge on any atom is -0.244 e. The molecule has 1 aromatic heterocycles. The van der Waals surface area contributed by atoms with Crippen molar-refractivity contribution in [2.45, 2.75) is 19.2 Å². The van der Waals surface area contributed by atoms with Gasteiger partial charge in [0, 0.05) is 10.4 Å². The molecule has 0 spiro atoms. The fraction of sp³-hybridized carbons (Fsp3) is 0.250. The predicted molar refractivity (Wildman–Crippen MR) is 66.5 cm³/mol. The molecule has 78 valence electrons. The van der Waals surface area contributed by atoms with E-state index in [1.165, 1.54) is 5.56 Å². The van der Waals surface area contributed by atoms with E-state index in [1.807, 2.05) is 5.51 Å². The van der Waals surface area contributed by atoms with E-state index >= 15 is 0 Å². The highest BCUT2D eigenvalue weighted by atomic mass is 35.5. The van der Waals surface area contributed by atoms with Crippen molar-refractivity contribution in [2.75, 3.05) is 0 Å². The maximum absolute atomic E-state index is 5.85. The summed E-state index contributed by atoms with van der Waals surface area (Å²) >= 11 is 7.46. The standard InChI is InChI=1S/C12H12ClNS/c1-2-9-3-5-10(6-4-9)12-11(7-13)15-8-14-12/h3-6,8H,2,7H2,1H3. The molecule has 0 bridgehead atoms. The Morgan fingerprint density at radius 2 is 2.00 bits per heavy atom. The van der Waals surface area contributed by atoms with Crippen LogP contribution in [0.3, 0.4) is 0 Å². The van der Waals surface area contributed by atoms with Crippen LogP contribution in [0.5, 0.6) is 0 Å². The van der Waals surface area contributed by atoms with E-state index in [1.54, 1.807) is 11.3 Å². The lowest BCUT2D eigenvalue weighted by Crippen LogP contribution is -1.84. The molecule has 0 N–H and O–H groups in total. The van der Waals surface area contributed by atoms with E-state index in [0.29, 0.717) is 5.88 Å². The average Bonchev–Trinajstić information content (AvgIpc) is 2.77. The second kappa shape index (κ2) is 4.77. The van der Waals surface area contributed by atoms with E-state index in [4.69, 9.17) is 11.6 Å². The summed E-state index contributed by atoms with van der Waals surface area (Å²) in [5.41, 5.74) is 5.38. The number of thiazole rings is 1. The Hall–Kier alpha value is -0.860. The van der Waals surface area contributed by atoms with Crippen LogP contribution in [0.15, 0.2) is 29.8 Å². The molecule has 0 aliphatic carbocycles. The van der Waals surface area contributed by atoms with Gasteiger partial charge in [-0.1, -0.05) is 31.2 Å². The van der Waals surface area contributed by atoms with E-state index < -0.39 is 0 Å². The monoisotopic (exact) mass is 237 g/mol. The fourth-order valence-corrected chi connectivity index (χ4v) is 2.45. The Morgan fingerprint density at radius 1 is 1.27 bits per heavy atom. The molecule has 1 heterocycles. The zero-order valence-electron chi connectivity index (χ0n) is 8.53. The molecule has 0 saturated heterocycles. The van der Waals surface area contributed by atoms with Gasteiger partial charge in [0.25, 0.3) is 0 Å². The molecule has 0 aliphatic rings. The van der Waals surface area contributed by atoms with Gasteiger partial charge in [-0.15, -0.1) is 22.9 Å². The van der Waals surface area contributed by atoms with Crippen molar-refractivity contribution in [2.24, 2.45) is 0 Å². The summed E-state index contributed by atoms with van der Waals surface area (Å²) in [4.78, 5) is 5.49. The molecule has 1 nitrogen and oxygen atoms in total. The Balaban J connectivity index is 2.37. The molecule has 0 aliphatic heterocycles. The molecule has 0 amide bonds. The van der Waals surface area contributed by atoms with Gasteiger partial charge in [0.15, 0.2) is 0 Å². The number of hydrogen-bond acceptors (Lipinski definition) is 2. The van der Waals surface area contributed by atoms with Crippen LogP contribution in [0, 0.1) is 0 Å². The maximum Gasteiger partial charge on any atom is 0.0855 e. The second-order valence-electron chi connectivity index (χ2n) is 3.31. The van der Waals surface area contributed by atoms with Gasteiger partial charge in [-0.2, -0.15) is 0 Å². The Kier molecular flexibility index (Phi) is 3.39. The smallest absolute Gasteiger partial charge is 0.0855 e. The summed E-state index contributed by atoms with van der Waals surface area (Å²) in [6, 6.07) is 8.52. The van der Waals surface area contributed by atoms with Crippen LogP contribution in [0.1, 0.15) is 17.4 Å². The first-order chi connectivity index (χ1) is 7.35. The highest BCUT2D eigenvalue weighted by Crippen LogP contribution is 2.26. The molecular weight excluding hydrogens is 226 g/mol. The molecular formula is C12H12ClNS. The molecule has 0 unspecified atom stereocenters. The molecule has 15 heavy (non-hydrogen) atoms. The summed E-state index contributed by atoms with van der Waals surface area (Å²) in [5.74, 6) is 0.537. The van der Waals surface area contributed by atoms with Gasteiger partial charge in [-0.25, -0.2) is 4.98 Å². The van der Waals surface area contributed by atoms with Crippen molar-refractivity contribution >= 4 is 22.9 Å². The van der Waals surface area contributed by atoms with Crippen LogP contribution in [0.4, 0.5) is 0 Å². The molecule has 2 rings (SSSR count). The molecule has 1 aromatic carbocycles. The minimum absolute atomic E-state index is 0.537. The molecule has 0 saturated carbocycles. The zero-order chi connectivity index (χ0) is 10.7. The number of halogens is 1. The first-order valence-electron chi connectivity index (χ1n) is 4.92. The Bertz CT molecular complexity index is 433. The largest absolute Gasteiger partial charge is 0.244 e. The number of benzene rings is 1. The van der Waals surface area contributed by atoms with Gasteiger partial charge in [0.1, 0.15) is 0 Å². The zero-order valence-corrected chi connectivity index (χ0v) is 10.1. The van der Waals surface area contributed by atoms with Crippen molar-refractivity contribution < 1.29 is 0 Å². The van der Waals surface area contributed by atoms with E-state index in [9.17, 15) is 0 Å². The predicted octanol–water partition coefficient (Wildman–Crippen LogP) is 4.11. The quantitative estimate of drug-likeness (QED) is 0.732. The third-order valence-corrected chi connectivity index (χ3v) is 3.66. The summed E-state index contributed by atoms with van der Waals surface area (Å²) in [7, 11) is 0. The lowest BCUT2D eigenvalue weighted by Gasteiger charge is -2.01. The van der Waals surface area contributed by atoms with Crippen LogP contribution < -0.4 is 0 Å². The minimum atomic E-state index is 0.537. The van der Waals surface area contributed by atoms with Crippen molar-refractivity contribution in [3.05, 3.63) is 40.2 Å². The molecule has 0 atom stereocenters. The van der Waals surface area contributed by atoms with Gasteiger partial charge >= 0.3 is 0 Å². The topological polar surface area (TPSA) is 12.9 Å². The normalized spacial score (nSPS) is 10.5. The van der Waals surface area contributed by atoms with Crippen molar-refractivity contribution in [3.63, 3.8) is 0 Å². The van der Waals surface area contributed by atoms with Crippen LogP contribution in [-0.2, 0) is 12.3 Å². The molecule has 0 radical (unpaired) electrons. The number of aryl methyl sites for hydroxylation is 1. The maximum atomic E-state index is 5.85. The van der Waals surface area contributed by atoms with Crippen LogP contribution in [-0.4, -0.2) is 4.98 Å². The summed E-state index contributed by atoms with van der Waals surface area (Å²) in [6.45, 7) is 2.15. The molecule has 0 fully saturated rings. The third kappa shape index (κ3) is 2.21. The average molecular weight is 238 g/mol. The Morgan fingerprint density at radius 3 is 2.60 bits per heavy atom. The van der Waals surface area contributed by atoms with Gasteiger partial charge in [-0.05, 0) is 12.0 Å². The highest BCUT2D eigenvalue weighted by Gasteiger charge is 2.06. The van der Waals surface area contributed by atoms with Gasteiger partial charge < -0.3 is 0 Å². The van der Waals surface area contributed by atoms with Crippen LogP contribution in [0.2, 0.25) is 0 Å². The fourth-order valence-electron chi connectivity index (χ4n) is 1.50. The molecule has 2 aromatic rings. The van der Waals surface area contributed by atoms with Crippen LogP contribution >= 0.6 is 22.9 Å². The number of hydrogen-bond donors (Lipinski definition) is 0. The summed E-state index contributed by atoms with van der Waals surface area (Å²) in [6.07, 6.45) is 1.07. The number of rotatable bonds is 3. The lowest BCUT2D eigenvalue weighted by atomic mass is 10.1. The number of aromatic nitrogens is 1. The van der Waals surface area contributed by atoms with Crippen molar-refractivity contribution in [1.82, 2.24) is 4.98 Å². The number of nitrogens with zero attached hydrogens (tertiary/aromatic N) is 1. The first kappa shape index (κ1) is 10.7. The van der Waals surface area contributed by atoms with E-state index in [0.717, 1.165) is 22.6 Å². The van der Waals surface area contributed by atoms with Crippen molar-refractivity contribution in [3.8, 4) is 11.3 Å². The number of alkyl halides is 1. The van der Waals surface area contributed by atoms with E-state index in [2.05, 4.69) is 36.2 Å². The highest BCUT2D eigenvalue weighted by molar-refractivity contribution is 7.10. The summed E-state index contributed by atoms with van der Waals surface area (Å²) < 4.78 is 0.